The molecule has 1 saturated carbocycles. The van der Waals surface area contributed by atoms with Gasteiger partial charge in [-0.1, -0.05) is 6.07 Å². The van der Waals surface area contributed by atoms with Crippen LogP contribution in [0.3, 0.4) is 0 Å². The van der Waals surface area contributed by atoms with Crippen molar-refractivity contribution in [3.63, 3.8) is 0 Å². The van der Waals surface area contributed by atoms with Crippen molar-refractivity contribution >= 4 is 5.91 Å². The van der Waals surface area contributed by atoms with Crippen LogP contribution in [0, 0.1) is 13.8 Å². The largest absolute Gasteiger partial charge is 0.490 e. The molecule has 0 saturated heterocycles. The molecule has 1 fully saturated rings. The number of aryl methyl sites for hydroxylation is 2. The molecule has 0 radical (unpaired) electrons. The third-order valence-corrected chi connectivity index (χ3v) is 3.92. The second-order valence-corrected chi connectivity index (χ2v) is 5.50. The van der Waals surface area contributed by atoms with E-state index in [-0.39, 0.29) is 12.0 Å². The van der Waals surface area contributed by atoms with Crippen LogP contribution in [0.1, 0.15) is 30.4 Å². The van der Waals surface area contributed by atoms with Crippen molar-refractivity contribution in [1.29, 1.82) is 0 Å². The van der Waals surface area contributed by atoms with Gasteiger partial charge in [0.1, 0.15) is 17.4 Å². The molecule has 19 heavy (non-hydrogen) atoms. The van der Waals surface area contributed by atoms with Crippen LogP contribution in [-0.2, 0) is 4.79 Å². The highest BCUT2D eigenvalue weighted by Crippen LogP contribution is 2.32. The molecule has 4 heteroatoms. The van der Waals surface area contributed by atoms with Crippen LogP contribution < -0.4 is 15.8 Å². The maximum atomic E-state index is 11.6. The molecule has 1 amide bonds. The fourth-order valence-electron chi connectivity index (χ4n) is 2.87. The number of nitrogens with two attached hydrogens (primary N) is 1. The molecular formula is C15H22N2O2. The number of carbonyl (C=O) groups excluding carboxylic acids is 1. The van der Waals surface area contributed by atoms with Gasteiger partial charge in [-0.2, -0.15) is 0 Å². The van der Waals surface area contributed by atoms with Gasteiger partial charge in [0.15, 0.2) is 0 Å². The number of likely N-dealkylation sites (N-methyl/N-ethyl adjacent to an activating group) is 1. The molecule has 0 heterocycles. The van der Waals surface area contributed by atoms with Gasteiger partial charge in [-0.3, -0.25) is 4.79 Å². The summed E-state index contributed by atoms with van der Waals surface area (Å²) in [5.74, 6) is 0.584. The van der Waals surface area contributed by atoms with Crippen molar-refractivity contribution in [3.05, 3.63) is 29.3 Å². The minimum atomic E-state index is -0.608. The van der Waals surface area contributed by atoms with Crippen molar-refractivity contribution in [1.82, 2.24) is 5.32 Å². The Labute approximate surface area is 114 Å². The lowest BCUT2D eigenvalue weighted by Crippen LogP contribution is -2.52. The maximum Gasteiger partial charge on any atom is 0.237 e. The van der Waals surface area contributed by atoms with E-state index in [1.165, 1.54) is 11.1 Å². The molecule has 0 spiro atoms. The average molecular weight is 262 g/mol. The van der Waals surface area contributed by atoms with Gasteiger partial charge in [0.25, 0.3) is 0 Å². The highest BCUT2D eigenvalue weighted by atomic mass is 16.5. The first-order valence-electron chi connectivity index (χ1n) is 6.69. The molecular weight excluding hydrogens is 240 g/mol. The first kappa shape index (κ1) is 13.9. The van der Waals surface area contributed by atoms with Crippen LogP contribution in [0.25, 0.3) is 0 Å². The molecule has 0 bridgehead atoms. The quantitative estimate of drug-likeness (QED) is 0.867. The topological polar surface area (TPSA) is 64.3 Å². The predicted molar refractivity (Wildman–Crippen MR) is 75.2 cm³/mol. The second kappa shape index (κ2) is 5.21. The molecule has 1 aromatic carbocycles. The van der Waals surface area contributed by atoms with E-state index in [2.05, 4.69) is 25.2 Å². The minimum absolute atomic E-state index is 0.0427. The van der Waals surface area contributed by atoms with Gasteiger partial charge in [-0.05, 0) is 57.0 Å². The summed E-state index contributed by atoms with van der Waals surface area (Å²) in [5, 5.41) is 3.06. The van der Waals surface area contributed by atoms with Crippen molar-refractivity contribution in [2.24, 2.45) is 5.73 Å². The Morgan fingerprint density at radius 2 is 2.00 bits per heavy atom. The number of amides is 1. The number of nitrogens with one attached hydrogen (secondary N) is 1. The molecule has 1 aliphatic rings. The SMILES string of the molecule is CNC1(C(N)=O)CCC(Oc2cc(C)cc(C)c2)C1. The van der Waals surface area contributed by atoms with Gasteiger partial charge < -0.3 is 15.8 Å². The van der Waals surface area contributed by atoms with E-state index in [4.69, 9.17) is 10.5 Å². The van der Waals surface area contributed by atoms with E-state index < -0.39 is 5.54 Å². The Balaban J connectivity index is 2.08. The fourth-order valence-corrected chi connectivity index (χ4v) is 2.87. The molecule has 3 N–H and O–H groups in total. The van der Waals surface area contributed by atoms with Crippen molar-refractivity contribution in [2.45, 2.75) is 44.8 Å². The highest BCUT2D eigenvalue weighted by Gasteiger charge is 2.43. The summed E-state index contributed by atoms with van der Waals surface area (Å²) in [4.78, 5) is 11.6. The fraction of sp³-hybridized carbons (Fsp3) is 0.533. The summed E-state index contributed by atoms with van der Waals surface area (Å²) >= 11 is 0. The summed E-state index contributed by atoms with van der Waals surface area (Å²) in [6, 6.07) is 6.16. The van der Waals surface area contributed by atoms with Crippen LogP contribution in [0.5, 0.6) is 5.75 Å². The second-order valence-electron chi connectivity index (χ2n) is 5.50. The minimum Gasteiger partial charge on any atom is -0.490 e. The third-order valence-electron chi connectivity index (χ3n) is 3.92. The maximum absolute atomic E-state index is 11.6. The number of hydrogen-bond acceptors (Lipinski definition) is 3. The normalized spacial score (nSPS) is 26.4. The number of ether oxygens (including phenoxy) is 1. The molecule has 1 aromatic rings. The lowest BCUT2D eigenvalue weighted by molar-refractivity contribution is -0.124. The van der Waals surface area contributed by atoms with Gasteiger partial charge in [0.2, 0.25) is 5.91 Å². The van der Waals surface area contributed by atoms with Crippen LogP contribution in [-0.4, -0.2) is 24.6 Å². The van der Waals surface area contributed by atoms with Gasteiger partial charge in [-0.15, -0.1) is 0 Å². The lowest BCUT2D eigenvalue weighted by Gasteiger charge is -2.24. The first-order valence-corrected chi connectivity index (χ1v) is 6.69. The zero-order valence-electron chi connectivity index (χ0n) is 11.8. The predicted octanol–water partition coefficient (Wildman–Crippen LogP) is 1.68. The summed E-state index contributed by atoms with van der Waals surface area (Å²) in [6.45, 7) is 4.10. The van der Waals surface area contributed by atoms with Gasteiger partial charge in [-0.25, -0.2) is 0 Å². The standard InChI is InChI=1S/C15H22N2O2/c1-10-6-11(2)8-13(7-10)19-12-4-5-15(9-12,17-3)14(16)18/h6-8,12,17H,4-5,9H2,1-3H3,(H2,16,18). The van der Waals surface area contributed by atoms with E-state index in [9.17, 15) is 4.79 Å². The molecule has 0 aliphatic heterocycles. The lowest BCUT2D eigenvalue weighted by atomic mass is 9.97. The van der Waals surface area contributed by atoms with Crippen LogP contribution in [0.2, 0.25) is 0 Å². The Bertz CT molecular complexity index is 467. The smallest absolute Gasteiger partial charge is 0.237 e. The molecule has 2 unspecified atom stereocenters. The molecule has 0 aromatic heterocycles. The first-order chi connectivity index (χ1) is 8.95. The van der Waals surface area contributed by atoms with Gasteiger partial charge >= 0.3 is 0 Å². The molecule has 4 nitrogen and oxygen atoms in total. The van der Waals surface area contributed by atoms with Crippen LogP contribution >= 0.6 is 0 Å². The Morgan fingerprint density at radius 3 is 2.47 bits per heavy atom. The highest BCUT2D eigenvalue weighted by molar-refractivity contribution is 5.85. The monoisotopic (exact) mass is 262 g/mol. The zero-order chi connectivity index (χ0) is 14.0. The Morgan fingerprint density at radius 1 is 1.37 bits per heavy atom. The summed E-state index contributed by atoms with van der Waals surface area (Å²) in [5.41, 5.74) is 7.25. The van der Waals surface area contributed by atoms with E-state index in [0.717, 1.165) is 18.6 Å². The summed E-state index contributed by atoms with van der Waals surface area (Å²) in [7, 11) is 1.78. The molecule has 1 aliphatic carbocycles. The zero-order valence-corrected chi connectivity index (χ0v) is 11.8. The number of carbonyl (C=O) groups is 1. The van der Waals surface area contributed by atoms with Crippen molar-refractivity contribution < 1.29 is 9.53 Å². The van der Waals surface area contributed by atoms with E-state index >= 15 is 0 Å². The summed E-state index contributed by atoms with van der Waals surface area (Å²) < 4.78 is 6.00. The third kappa shape index (κ3) is 2.89. The van der Waals surface area contributed by atoms with Crippen molar-refractivity contribution in [2.75, 3.05) is 7.05 Å². The summed E-state index contributed by atoms with van der Waals surface area (Å²) in [6.07, 6.45) is 2.25. The molecule has 2 rings (SSSR count). The van der Waals surface area contributed by atoms with Crippen LogP contribution in [0.4, 0.5) is 0 Å². The van der Waals surface area contributed by atoms with E-state index in [1.807, 2.05) is 12.1 Å². The number of hydrogen-bond donors (Lipinski definition) is 2. The Hall–Kier alpha value is -1.55. The van der Waals surface area contributed by atoms with Gasteiger partial charge in [0.05, 0.1) is 0 Å². The number of primary amides is 1. The van der Waals surface area contributed by atoms with Crippen molar-refractivity contribution in [3.8, 4) is 5.75 Å². The Kier molecular flexibility index (Phi) is 3.80. The molecule has 104 valence electrons. The molecule has 2 atom stereocenters. The van der Waals surface area contributed by atoms with E-state index in [1.54, 1.807) is 7.05 Å². The van der Waals surface area contributed by atoms with Gasteiger partial charge in [0, 0.05) is 6.42 Å². The number of rotatable bonds is 4. The van der Waals surface area contributed by atoms with E-state index in [0.29, 0.717) is 6.42 Å². The number of benzene rings is 1. The van der Waals surface area contributed by atoms with Crippen LogP contribution in [0.15, 0.2) is 18.2 Å². The average Bonchev–Trinajstić information content (AvgIpc) is 2.72.